The summed E-state index contributed by atoms with van der Waals surface area (Å²) in [6, 6.07) is 18.4. The van der Waals surface area contributed by atoms with Crippen molar-refractivity contribution in [3.8, 4) is 22.4 Å². The van der Waals surface area contributed by atoms with Gasteiger partial charge in [-0.15, -0.1) is 0 Å². The quantitative estimate of drug-likeness (QED) is 0.768. The van der Waals surface area contributed by atoms with E-state index in [-0.39, 0.29) is 6.61 Å². The SMILES string of the molecule is Cc1ccc(-c2cc(CO)ccn2)c(-c2ccccc2)c1C. The summed E-state index contributed by atoms with van der Waals surface area (Å²) < 4.78 is 0. The van der Waals surface area contributed by atoms with Crippen molar-refractivity contribution in [1.29, 1.82) is 0 Å². The molecule has 110 valence electrons. The summed E-state index contributed by atoms with van der Waals surface area (Å²) in [6.07, 6.45) is 1.75. The van der Waals surface area contributed by atoms with E-state index in [1.165, 1.54) is 22.3 Å². The van der Waals surface area contributed by atoms with Crippen molar-refractivity contribution in [2.45, 2.75) is 20.5 Å². The van der Waals surface area contributed by atoms with Crippen LogP contribution in [0.5, 0.6) is 0 Å². The lowest BCUT2D eigenvalue weighted by Crippen LogP contribution is -1.95. The molecule has 1 N–H and O–H groups in total. The minimum absolute atomic E-state index is 0.0288. The lowest BCUT2D eigenvalue weighted by atomic mass is 9.90. The summed E-state index contributed by atoms with van der Waals surface area (Å²) in [5.74, 6) is 0. The van der Waals surface area contributed by atoms with E-state index < -0.39 is 0 Å². The van der Waals surface area contributed by atoms with E-state index in [0.29, 0.717) is 0 Å². The predicted octanol–water partition coefficient (Wildman–Crippen LogP) is 4.52. The van der Waals surface area contributed by atoms with Crippen LogP contribution in [0.4, 0.5) is 0 Å². The molecule has 0 aliphatic rings. The minimum Gasteiger partial charge on any atom is -0.392 e. The zero-order valence-electron chi connectivity index (χ0n) is 12.9. The highest BCUT2D eigenvalue weighted by Crippen LogP contribution is 2.35. The number of hydrogen-bond acceptors (Lipinski definition) is 2. The van der Waals surface area contributed by atoms with E-state index in [9.17, 15) is 5.11 Å². The molecule has 2 nitrogen and oxygen atoms in total. The molecular weight excluding hydrogens is 270 g/mol. The van der Waals surface area contributed by atoms with Gasteiger partial charge in [0.05, 0.1) is 12.3 Å². The maximum atomic E-state index is 9.37. The second-order valence-electron chi connectivity index (χ2n) is 5.50. The van der Waals surface area contributed by atoms with Gasteiger partial charge in [0.15, 0.2) is 0 Å². The largest absolute Gasteiger partial charge is 0.392 e. The third kappa shape index (κ3) is 2.66. The number of hydrogen-bond donors (Lipinski definition) is 1. The van der Waals surface area contributed by atoms with Crippen LogP contribution in [-0.2, 0) is 6.61 Å². The van der Waals surface area contributed by atoms with Crippen LogP contribution in [0, 0.1) is 13.8 Å². The smallest absolute Gasteiger partial charge is 0.0711 e. The first kappa shape index (κ1) is 14.5. The highest BCUT2D eigenvalue weighted by molar-refractivity contribution is 5.85. The van der Waals surface area contributed by atoms with E-state index in [4.69, 9.17) is 0 Å². The number of aromatic nitrogens is 1. The van der Waals surface area contributed by atoms with Gasteiger partial charge in [-0.25, -0.2) is 0 Å². The van der Waals surface area contributed by atoms with Crippen molar-refractivity contribution < 1.29 is 5.11 Å². The molecule has 0 saturated heterocycles. The van der Waals surface area contributed by atoms with Gasteiger partial charge in [-0.1, -0.05) is 42.5 Å². The van der Waals surface area contributed by atoms with Crippen LogP contribution in [0.3, 0.4) is 0 Å². The molecule has 0 amide bonds. The minimum atomic E-state index is 0.0288. The third-order valence-corrected chi connectivity index (χ3v) is 4.08. The Kier molecular flexibility index (Phi) is 4.03. The zero-order valence-corrected chi connectivity index (χ0v) is 12.9. The number of aryl methyl sites for hydroxylation is 1. The second-order valence-corrected chi connectivity index (χ2v) is 5.50. The molecule has 0 unspecified atom stereocenters. The zero-order chi connectivity index (χ0) is 15.5. The fourth-order valence-corrected chi connectivity index (χ4v) is 2.73. The Labute approximate surface area is 131 Å². The van der Waals surface area contributed by atoms with Crippen LogP contribution in [0.2, 0.25) is 0 Å². The molecule has 0 bridgehead atoms. The first-order chi connectivity index (χ1) is 10.7. The van der Waals surface area contributed by atoms with Crippen molar-refractivity contribution in [2.75, 3.05) is 0 Å². The topological polar surface area (TPSA) is 33.1 Å². The van der Waals surface area contributed by atoms with E-state index in [1.54, 1.807) is 6.20 Å². The van der Waals surface area contributed by atoms with Gasteiger partial charge in [-0.3, -0.25) is 4.98 Å². The monoisotopic (exact) mass is 289 g/mol. The molecular formula is C20H19NO. The highest BCUT2D eigenvalue weighted by Gasteiger charge is 2.13. The standard InChI is InChI=1S/C20H19NO/c1-14-8-9-18(19-12-16(13-22)10-11-21-19)20(15(14)2)17-6-4-3-5-7-17/h3-12,22H,13H2,1-2H3. The molecule has 0 aliphatic carbocycles. The molecule has 0 radical (unpaired) electrons. The third-order valence-electron chi connectivity index (χ3n) is 4.08. The van der Waals surface area contributed by atoms with Crippen molar-refractivity contribution in [3.05, 3.63) is 77.5 Å². The molecule has 1 aromatic heterocycles. The number of pyridine rings is 1. The number of aliphatic hydroxyl groups is 1. The molecule has 2 aromatic carbocycles. The summed E-state index contributed by atoms with van der Waals surface area (Å²) in [5.41, 5.74) is 7.80. The Hall–Kier alpha value is -2.45. The lowest BCUT2D eigenvalue weighted by Gasteiger charge is -2.15. The van der Waals surface area contributed by atoms with Crippen LogP contribution >= 0.6 is 0 Å². The van der Waals surface area contributed by atoms with Crippen molar-refractivity contribution in [1.82, 2.24) is 4.98 Å². The average Bonchev–Trinajstić information content (AvgIpc) is 2.58. The van der Waals surface area contributed by atoms with Gasteiger partial charge in [-0.2, -0.15) is 0 Å². The molecule has 0 atom stereocenters. The molecule has 0 aliphatic heterocycles. The normalized spacial score (nSPS) is 10.7. The highest BCUT2D eigenvalue weighted by atomic mass is 16.3. The summed E-state index contributed by atoms with van der Waals surface area (Å²) in [7, 11) is 0. The van der Waals surface area contributed by atoms with Gasteiger partial charge >= 0.3 is 0 Å². The van der Waals surface area contributed by atoms with Gasteiger partial charge in [0, 0.05) is 11.8 Å². The van der Waals surface area contributed by atoms with Gasteiger partial charge in [0.1, 0.15) is 0 Å². The molecule has 3 rings (SSSR count). The Morgan fingerprint density at radius 1 is 0.955 bits per heavy atom. The molecule has 1 heterocycles. The molecule has 22 heavy (non-hydrogen) atoms. The van der Waals surface area contributed by atoms with Crippen LogP contribution in [0.15, 0.2) is 60.8 Å². The van der Waals surface area contributed by atoms with Crippen LogP contribution in [0.25, 0.3) is 22.4 Å². The summed E-state index contributed by atoms with van der Waals surface area (Å²) in [5, 5.41) is 9.37. The number of benzene rings is 2. The predicted molar refractivity (Wildman–Crippen MR) is 90.5 cm³/mol. The number of nitrogens with zero attached hydrogens (tertiary/aromatic N) is 1. The van der Waals surface area contributed by atoms with E-state index in [2.05, 4.69) is 55.2 Å². The molecule has 3 aromatic rings. The fraction of sp³-hybridized carbons (Fsp3) is 0.150. The summed E-state index contributed by atoms with van der Waals surface area (Å²) in [6.45, 7) is 4.31. The fourth-order valence-electron chi connectivity index (χ4n) is 2.73. The molecule has 0 saturated carbocycles. The van der Waals surface area contributed by atoms with Gasteiger partial charge < -0.3 is 5.11 Å². The summed E-state index contributed by atoms with van der Waals surface area (Å²) >= 11 is 0. The Morgan fingerprint density at radius 3 is 2.45 bits per heavy atom. The Balaban J connectivity index is 2.26. The maximum absolute atomic E-state index is 9.37. The number of aliphatic hydroxyl groups excluding tert-OH is 1. The average molecular weight is 289 g/mol. The van der Waals surface area contributed by atoms with Gasteiger partial charge in [0.25, 0.3) is 0 Å². The van der Waals surface area contributed by atoms with E-state index >= 15 is 0 Å². The lowest BCUT2D eigenvalue weighted by molar-refractivity contribution is 0.282. The Bertz CT molecular complexity index is 794. The first-order valence-electron chi connectivity index (χ1n) is 7.42. The van der Waals surface area contributed by atoms with Gasteiger partial charge in [-0.05, 0) is 53.8 Å². The second kappa shape index (κ2) is 6.12. The van der Waals surface area contributed by atoms with Crippen LogP contribution in [-0.4, -0.2) is 10.1 Å². The molecule has 0 spiro atoms. The van der Waals surface area contributed by atoms with Crippen molar-refractivity contribution in [3.63, 3.8) is 0 Å². The number of rotatable bonds is 3. The summed E-state index contributed by atoms with van der Waals surface area (Å²) in [4.78, 5) is 4.50. The van der Waals surface area contributed by atoms with Crippen LogP contribution < -0.4 is 0 Å². The van der Waals surface area contributed by atoms with E-state index in [0.717, 1.165) is 16.8 Å². The maximum Gasteiger partial charge on any atom is 0.0711 e. The van der Waals surface area contributed by atoms with Crippen molar-refractivity contribution >= 4 is 0 Å². The molecule has 2 heteroatoms. The van der Waals surface area contributed by atoms with Gasteiger partial charge in [0.2, 0.25) is 0 Å². The van der Waals surface area contributed by atoms with Crippen LogP contribution in [0.1, 0.15) is 16.7 Å². The van der Waals surface area contributed by atoms with E-state index in [1.807, 2.05) is 18.2 Å². The Morgan fingerprint density at radius 2 is 1.73 bits per heavy atom. The first-order valence-corrected chi connectivity index (χ1v) is 7.42. The molecule has 0 fully saturated rings. The van der Waals surface area contributed by atoms with Crippen molar-refractivity contribution in [2.24, 2.45) is 0 Å².